The van der Waals surface area contributed by atoms with Crippen molar-refractivity contribution >= 4 is 22.4 Å². The maximum atomic E-state index is 12.9. The van der Waals surface area contributed by atoms with Crippen LogP contribution in [0.2, 0.25) is 0 Å². The molecule has 2 heterocycles. The number of non-ortho nitro benzene ring substituents is 1. The maximum absolute atomic E-state index is 12.9. The van der Waals surface area contributed by atoms with Crippen LogP contribution in [0.1, 0.15) is 21.7 Å². The number of hydrogen-bond acceptors (Lipinski definition) is 5. The van der Waals surface area contributed by atoms with Crippen LogP contribution in [-0.2, 0) is 6.42 Å². The third-order valence-corrected chi connectivity index (χ3v) is 4.21. The van der Waals surface area contributed by atoms with E-state index in [1.165, 1.54) is 6.07 Å². The van der Waals surface area contributed by atoms with Crippen LogP contribution in [0.4, 0.5) is 5.69 Å². The summed E-state index contributed by atoms with van der Waals surface area (Å²) < 4.78 is 0. The molecule has 0 N–H and O–H groups in total. The van der Waals surface area contributed by atoms with Gasteiger partial charge in [0.15, 0.2) is 0 Å². The zero-order chi connectivity index (χ0) is 18.7. The fraction of sp³-hybridized carbons (Fsp3) is 0.211. The van der Waals surface area contributed by atoms with E-state index in [0.717, 1.165) is 5.56 Å². The second-order valence-corrected chi connectivity index (χ2v) is 6.07. The molecule has 0 bridgehead atoms. The lowest BCUT2D eigenvalue weighted by molar-refractivity contribution is -0.383. The quantitative estimate of drug-likeness (QED) is 0.521. The molecule has 0 aliphatic rings. The molecule has 0 unspecified atom stereocenters. The molecular weight excluding hydrogens is 332 g/mol. The first-order valence-electron chi connectivity index (χ1n) is 8.16. The van der Waals surface area contributed by atoms with E-state index in [1.807, 2.05) is 12.1 Å². The second-order valence-electron chi connectivity index (χ2n) is 6.07. The number of aromatic nitrogens is 2. The number of hydrogen-bond donors (Lipinski definition) is 0. The van der Waals surface area contributed by atoms with Crippen molar-refractivity contribution in [1.82, 2.24) is 14.9 Å². The first-order chi connectivity index (χ1) is 12.5. The first kappa shape index (κ1) is 17.5. The van der Waals surface area contributed by atoms with Gasteiger partial charge in [-0.2, -0.15) is 0 Å². The Labute approximate surface area is 150 Å². The van der Waals surface area contributed by atoms with E-state index in [1.54, 1.807) is 49.5 Å². The number of fused-ring (bicyclic) bond motifs is 1. The Morgan fingerprint density at radius 2 is 1.92 bits per heavy atom. The maximum Gasteiger partial charge on any atom is 0.277 e. The molecule has 0 saturated heterocycles. The molecule has 3 aromatic rings. The fourth-order valence-corrected chi connectivity index (χ4v) is 2.84. The molecule has 2 aromatic heterocycles. The number of benzene rings is 1. The Morgan fingerprint density at radius 1 is 1.19 bits per heavy atom. The van der Waals surface area contributed by atoms with Crippen LogP contribution >= 0.6 is 0 Å². The summed E-state index contributed by atoms with van der Waals surface area (Å²) in [5.41, 5.74) is 1.86. The van der Waals surface area contributed by atoms with Gasteiger partial charge in [0.1, 0.15) is 5.69 Å². The molecule has 0 spiro atoms. The topological polar surface area (TPSA) is 89.2 Å². The molecule has 0 aliphatic heterocycles. The van der Waals surface area contributed by atoms with E-state index >= 15 is 0 Å². The van der Waals surface area contributed by atoms with Crippen LogP contribution in [0.5, 0.6) is 0 Å². The van der Waals surface area contributed by atoms with Gasteiger partial charge in [-0.25, -0.2) is 4.98 Å². The van der Waals surface area contributed by atoms with Gasteiger partial charge in [0.25, 0.3) is 11.6 Å². The molecule has 26 heavy (non-hydrogen) atoms. The number of carbonyl (C=O) groups excluding carboxylic acids is 1. The normalized spacial score (nSPS) is 10.7. The molecule has 0 radical (unpaired) electrons. The number of pyridine rings is 2. The number of aryl methyl sites for hydroxylation is 1. The summed E-state index contributed by atoms with van der Waals surface area (Å²) in [6.07, 6.45) is 4.12. The van der Waals surface area contributed by atoms with Gasteiger partial charge in [0.2, 0.25) is 0 Å². The van der Waals surface area contributed by atoms with Crippen molar-refractivity contribution in [2.75, 3.05) is 13.6 Å². The highest BCUT2D eigenvalue weighted by Crippen LogP contribution is 2.28. The van der Waals surface area contributed by atoms with E-state index in [2.05, 4.69) is 9.97 Å². The highest BCUT2D eigenvalue weighted by Gasteiger charge is 2.21. The van der Waals surface area contributed by atoms with Gasteiger partial charge < -0.3 is 4.90 Å². The second kappa shape index (κ2) is 7.26. The standard InChI is InChI=1S/C19H18N4O3/c1-13-12-16-15(4-3-5-17(16)23(25)26)18(21-13)19(24)22(2)11-8-14-6-9-20-10-7-14/h3-7,9-10,12H,8,11H2,1-2H3. The van der Waals surface area contributed by atoms with Gasteiger partial charge in [-0.3, -0.25) is 19.9 Å². The summed E-state index contributed by atoms with van der Waals surface area (Å²) in [5, 5.41) is 12.2. The Morgan fingerprint density at radius 3 is 2.62 bits per heavy atom. The zero-order valence-electron chi connectivity index (χ0n) is 14.5. The van der Waals surface area contributed by atoms with E-state index in [0.29, 0.717) is 29.4 Å². The van der Waals surface area contributed by atoms with Crippen molar-refractivity contribution in [1.29, 1.82) is 0 Å². The number of nitro groups is 1. The number of likely N-dealkylation sites (N-methyl/N-ethyl adjacent to an activating group) is 1. The minimum Gasteiger partial charge on any atom is -0.340 e. The van der Waals surface area contributed by atoms with E-state index < -0.39 is 4.92 Å². The lowest BCUT2D eigenvalue weighted by Crippen LogP contribution is -2.30. The molecule has 1 aromatic carbocycles. The van der Waals surface area contributed by atoms with Crippen LogP contribution in [0, 0.1) is 17.0 Å². The van der Waals surface area contributed by atoms with Crippen LogP contribution in [-0.4, -0.2) is 39.3 Å². The van der Waals surface area contributed by atoms with Crippen molar-refractivity contribution in [3.63, 3.8) is 0 Å². The van der Waals surface area contributed by atoms with Gasteiger partial charge in [-0.15, -0.1) is 0 Å². The summed E-state index contributed by atoms with van der Waals surface area (Å²) >= 11 is 0. The number of amides is 1. The average molecular weight is 350 g/mol. The minimum absolute atomic E-state index is 0.0264. The molecule has 132 valence electrons. The van der Waals surface area contributed by atoms with Gasteiger partial charge in [0, 0.05) is 43.1 Å². The molecule has 0 fully saturated rings. The largest absolute Gasteiger partial charge is 0.340 e. The zero-order valence-corrected chi connectivity index (χ0v) is 14.5. The van der Waals surface area contributed by atoms with Crippen LogP contribution in [0.25, 0.3) is 10.8 Å². The van der Waals surface area contributed by atoms with Crippen molar-refractivity contribution in [2.24, 2.45) is 0 Å². The summed E-state index contributed by atoms with van der Waals surface area (Å²) in [6.45, 7) is 2.23. The summed E-state index contributed by atoms with van der Waals surface area (Å²) in [7, 11) is 1.71. The van der Waals surface area contributed by atoms with Crippen LogP contribution < -0.4 is 0 Å². The third-order valence-electron chi connectivity index (χ3n) is 4.21. The Hall–Kier alpha value is -3.35. The first-order valence-corrected chi connectivity index (χ1v) is 8.16. The van der Waals surface area contributed by atoms with Crippen molar-refractivity contribution in [3.8, 4) is 0 Å². The highest BCUT2D eigenvalue weighted by atomic mass is 16.6. The average Bonchev–Trinajstić information content (AvgIpc) is 2.65. The molecular formula is C19H18N4O3. The Bertz CT molecular complexity index is 973. The summed E-state index contributed by atoms with van der Waals surface area (Å²) in [6, 6.07) is 10.2. The van der Waals surface area contributed by atoms with Gasteiger partial charge >= 0.3 is 0 Å². The van der Waals surface area contributed by atoms with E-state index in [9.17, 15) is 14.9 Å². The molecule has 1 amide bonds. The third kappa shape index (κ3) is 3.51. The van der Waals surface area contributed by atoms with Crippen molar-refractivity contribution in [2.45, 2.75) is 13.3 Å². The van der Waals surface area contributed by atoms with Gasteiger partial charge in [-0.1, -0.05) is 12.1 Å². The number of nitro benzene ring substituents is 1. The molecule has 0 atom stereocenters. The fourth-order valence-electron chi connectivity index (χ4n) is 2.84. The highest BCUT2D eigenvalue weighted by molar-refractivity contribution is 6.07. The minimum atomic E-state index is -0.441. The lowest BCUT2D eigenvalue weighted by Gasteiger charge is -2.18. The number of rotatable bonds is 5. The van der Waals surface area contributed by atoms with Crippen molar-refractivity contribution < 1.29 is 9.72 Å². The Kier molecular flexibility index (Phi) is 4.88. The van der Waals surface area contributed by atoms with Gasteiger partial charge in [-0.05, 0) is 37.1 Å². The Balaban J connectivity index is 1.92. The number of nitrogens with zero attached hydrogens (tertiary/aromatic N) is 4. The smallest absolute Gasteiger partial charge is 0.277 e. The van der Waals surface area contributed by atoms with Gasteiger partial charge in [0.05, 0.1) is 10.3 Å². The van der Waals surface area contributed by atoms with Crippen LogP contribution in [0.3, 0.4) is 0 Å². The predicted octanol–water partition coefficient (Wildman–Crippen LogP) is 3.16. The lowest BCUT2D eigenvalue weighted by atomic mass is 10.1. The van der Waals surface area contributed by atoms with E-state index in [4.69, 9.17) is 0 Å². The summed E-state index contributed by atoms with van der Waals surface area (Å²) in [4.78, 5) is 33.7. The summed E-state index contributed by atoms with van der Waals surface area (Å²) in [5.74, 6) is -0.256. The molecule has 0 aliphatic carbocycles. The molecule has 7 nitrogen and oxygen atoms in total. The molecule has 7 heteroatoms. The van der Waals surface area contributed by atoms with Crippen LogP contribution in [0.15, 0.2) is 48.8 Å². The van der Waals surface area contributed by atoms with E-state index in [-0.39, 0.29) is 17.3 Å². The predicted molar refractivity (Wildman–Crippen MR) is 98.0 cm³/mol. The molecule has 3 rings (SSSR count). The van der Waals surface area contributed by atoms with Crippen molar-refractivity contribution in [3.05, 3.63) is 75.9 Å². The number of carbonyl (C=O) groups is 1. The monoisotopic (exact) mass is 350 g/mol. The SMILES string of the molecule is Cc1cc2c([N+](=O)[O-])cccc2c(C(=O)N(C)CCc2ccncc2)n1. The molecule has 0 saturated carbocycles.